The maximum Gasteiger partial charge on any atom is 0.162 e. The Labute approximate surface area is 136 Å². The molecule has 0 fully saturated rings. The van der Waals surface area contributed by atoms with Crippen LogP contribution in [0.1, 0.15) is 0 Å². The second-order valence-corrected chi connectivity index (χ2v) is 6.08. The maximum atomic E-state index is 6.34. The molecular formula is C17H13N5S. The number of aromatic nitrogens is 3. The van der Waals surface area contributed by atoms with Gasteiger partial charge >= 0.3 is 0 Å². The molecule has 0 amide bonds. The Balaban J connectivity index is 1.95. The summed E-state index contributed by atoms with van der Waals surface area (Å²) < 4.78 is 0.819. The molecule has 4 rings (SSSR count). The maximum absolute atomic E-state index is 6.34. The van der Waals surface area contributed by atoms with Gasteiger partial charge in [-0.1, -0.05) is 30.3 Å². The second-order valence-electron chi connectivity index (χ2n) is 5.06. The van der Waals surface area contributed by atoms with Crippen molar-refractivity contribution in [3.05, 3.63) is 54.9 Å². The van der Waals surface area contributed by atoms with E-state index >= 15 is 0 Å². The van der Waals surface area contributed by atoms with E-state index < -0.39 is 0 Å². The molecule has 0 atom stereocenters. The third-order valence-corrected chi connectivity index (χ3v) is 4.84. The van der Waals surface area contributed by atoms with Crippen LogP contribution in [-0.2, 0) is 0 Å². The average molecular weight is 319 g/mol. The molecule has 0 bridgehead atoms. The fraction of sp³-hybridized carbons (Fsp3) is 0. The summed E-state index contributed by atoms with van der Waals surface area (Å²) in [6.45, 7) is 0. The van der Waals surface area contributed by atoms with Gasteiger partial charge in [-0.3, -0.25) is 4.98 Å². The van der Waals surface area contributed by atoms with Gasteiger partial charge in [-0.25, -0.2) is 9.97 Å². The summed E-state index contributed by atoms with van der Waals surface area (Å²) >= 11 is 1.52. The van der Waals surface area contributed by atoms with Gasteiger partial charge in [-0.05, 0) is 17.7 Å². The van der Waals surface area contributed by atoms with Crippen LogP contribution in [0.5, 0.6) is 0 Å². The van der Waals surface area contributed by atoms with Gasteiger partial charge in [-0.15, -0.1) is 11.3 Å². The van der Waals surface area contributed by atoms with Gasteiger partial charge in [0.25, 0.3) is 0 Å². The Bertz CT molecular complexity index is 980. The number of benzene rings is 1. The number of fused-ring (bicyclic) bond motifs is 1. The molecule has 3 heterocycles. The van der Waals surface area contributed by atoms with Crippen molar-refractivity contribution >= 4 is 33.1 Å². The van der Waals surface area contributed by atoms with Crippen molar-refractivity contribution in [3.63, 3.8) is 0 Å². The minimum atomic E-state index is 0.445. The Kier molecular flexibility index (Phi) is 3.17. The lowest BCUT2D eigenvalue weighted by molar-refractivity contribution is 1.23. The minimum Gasteiger partial charge on any atom is -0.396 e. The van der Waals surface area contributed by atoms with Crippen LogP contribution in [0.2, 0.25) is 0 Å². The smallest absolute Gasteiger partial charge is 0.162 e. The molecule has 5 nitrogen and oxygen atoms in total. The van der Waals surface area contributed by atoms with Crippen molar-refractivity contribution in [2.75, 3.05) is 11.5 Å². The SMILES string of the molecule is Nc1c(-c2ccccc2)sc2c(N)nc(-c3ccncc3)nc12. The van der Waals surface area contributed by atoms with E-state index in [2.05, 4.69) is 15.0 Å². The monoisotopic (exact) mass is 319 g/mol. The molecule has 0 aliphatic carbocycles. The predicted octanol–water partition coefficient (Wildman–Crippen LogP) is 3.58. The van der Waals surface area contributed by atoms with Gasteiger partial charge in [0.2, 0.25) is 0 Å². The van der Waals surface area contributed by atoms with Crippen molar-refractivity contribution in [1.29, 1.82) is 0 Å². The first-order valence-corrected chi connectivity index (χ1v) is 7.87. The van der Waals surface area contributed by atoms with Crippen molar-refractivity contribution in [3.8, 4) is 21.8 Å². The van der Waals surface area contributed by atoms with E-state index in [1.54, 1.807) is 12.4 Å². The number of hydrogen-bond acceptors (Lipinski definition) is 6. The molecule has 3 aromatic heterocycles. The van der Waals surface area contributed by atoms with Crippen LogP contribution < -0.4 is 11.5 Å². The molecule has 112 valence electrons. The molecule has 0 spiro atoms. The zero-order chi connectivity index (χ0) is 15.8. The van der Waals surface area contributed by atoms with Crippen LogP contribution in [0.4, 0.5) is 11.5 Å². The quantitative estimate of drug-likeness (QED) is 0.589. The minimum absolute atomic E-state index is 0.445. The lowest BCUT2D eigenvalue weighted by atomic mass is 10.1. The van der Waals surface area contributed by atoms with Crippen LogP contribution >= 0.6 is 11.3 Å². The van der Waals surface area contributed by atoms with Gasteiger partial charge in [0.05, 0.1) is 15.3 Å². The van der Waals surface area contributed by atoms with Crippen molar-refractivity contribution in [2.45, 2.75) is 0 Å². The average Bonchev–Trinajstić information content (AvgIpc) is 2.94. The summed E-state index contributed by atoms with van der Waals surface area (Å²) in [4.78, 5) is 14.0. The number of rotatable bonds is 2. The second kappa shape index (κ2) is 5.33. The molecule has 0 saturated heterocycles. The van der Waals surface area contributed by atoms with Gasteiger partial charge in [0.15, 0.2) is 5.82 Å². The van der Waals surface area contributed by atoms with Crippen LogP contribution in [0.15, 0.2) is 54.9 Å². The predicted molar refractivity (Wildman–Crippen MR) is 94.9 cm³/mol. The molecule has 4 aromatic rings. The van der Waals surface area contributed by atoms with Crippen LogP contribution in [0.3, 0.4) is 0 Å². The van der Waals surface area contributed by atoms with E-state index in [0.717, 1.165) is 20.7 Å². The number of nitrogens with zero attached hydrogens (tertiary/aromatic N) is 3. The van der Waals surface area contributed by atoms with Crippen LogP contribution in [-0.4, -0.2) is 15.0 Å². The lowest BCUT2D eigenvalue weighted by Gasteiger charge is -2.02. The van der Waals surface area contributed by atoms with E-state index in [1.165, 1.54) is 11.3 Å². The summed E-state index contributed by atoms with van der Waals surface area (Å²) in [5.74, 6) is 1.00. The molecule has 0 radical (unpaired) electrons. The fourth-order valence-corrected chi connectivity index (χ4v) is 3.52. The van der Waals surface area contributed by atoms with E-state index in [1.807, 2.05) is 42.5 Å². The molecule has 0 unspecified atom stereocenters. The van der Waals surface area contributed by atoms with Crippen molar-refractivity contribution in [2.24, 2.45) is 0 Å². The highest BCUT2D eigenvalue weighted by Gasteiger charge is 2.17. The first-order valence-electron chi connectivity index (χ1n) is 7.05. The lowest BCUT2D eigenvalue weighted by Crippen LogP contribution is -1.97. The largest absolute Gasteiger partial charge is 0.396 e. The zero-order valence-corrected chi connectivity index (χ0v) is 12.9. The van der Waals surface area contributed by atoms with Crippen molar-refractivity contribution < 1.29 is 0 Å². The number of anilines is 2. The first kappa shape index (κ1) is 13.7. The summed E-state index contributed by atoms with van der Waals surface area (Å²) in [6.07, 6.45) is 3.40. The highest BCUT2D eigenvalue weighted by molar-refractivity contribution is 7.23. The number of nitrogen functional groups attached to an aromatic ring is 2. The van der Waals surface area contributed by atoms with E-state index in [4.69, 9.17) is 11.5 Å². The highest BCUT2D eigenvalue weighted by Crippen LogP contribution is 2.42. The van der Waals surface area contributed by atoms with Crippen LogP contribution in [0.25, 0.3) is 32.0 Å². The van der Waals surface area contributed by atoms with E-state index in [-0.39, 0.29) is 0 Å². The summed E-state index contributed by atoms with van der Waals surface area (Å²) in [5, 5.41) is 0. The number of pyridine rings is 1. The first-order chi connectivity index (χ1) is 11.2. The molecule has 4 N–H and O–H groups in total. The Morgan fingerprint density at radius 2 is 1.57 bits per heavy atom. The summed E-state index contributed by atoms with van der Waals surface area (Å²) in [7, 11) is 0. The van der Waals surface area contributed by atoms with E-state index in [9.17, 15) is 0 Å². The number of nitrogens with two attached hydrogens (primary N) is 2. The molecule has 23 heavy (non-hydrogen) atoms. The van der Waals surface area contributed by atoms with Gasteiger partial charge in [0.1, 0.15) is 11.3 Å². The Hall–Kier alpha value is -2.99. The normalized spacial score (nSPS) is 11.0. The topological polar surface area (TPSA) is 90.7 Å². The third-order valence-electron chi connectivity index (χ3n) is 3.57. The number of hydrogen-bond donors (Lipinski definition) is 2. The fourth-order valence-electron chi connectivity index (χ4n) is 2.45. The molecule has 0 saturated carbocycles. The molecule has 0 aliphatic heterocycles. The van der Waals surface area contributed by atoms with Gasteiger partial charge in [-0.2, -0.15) is 0 Å². The number of thiophene rings is 1. The van der Waals surface area contributed by atoms with Crippen LogP contribution in [0, 0.1) is 0 Å². The standard InChI is InChI=1S/C17H13N5S/c18-12-13-15(23-14(12)10-4-2-1-3-5-10)16(19)22-17(21-13)11-6-8-20-9-7-11/h1-9H,18H2,(H2,19,21,22). The van der Waals surface area contributed by atoms with Gasteiger partial charge < -0.3 is 11.5 Å². The molecule has 6 heteroatoms. The van der Waals surface area contributed by atoms with Gasteiger partial charge in [0, 0.05) is 18.0 Å². The molecule has 0 aliphatic rings. The zero-order valence-electron chi connectivity index (χ0n) is 12.1. The van der Waals surface area contributed by atoms with E-state index in [0.29, 0.717) is 22.8 Å². The molecular weight excluding hydrogens is 306 g/mol. The van der Waals surface area contributed by atoms with Crippen molar-refractivity contribution in [1.82, 2.24) is 15.0 Å². The molecule has 1 aromatic carbocycles. The summed E-state index contributed by atoms with van der Waals surface area (Å²) in [6, 6.07) is 13.7. The highest BCUT2D eigenvalue weighted by atomic mass is 32.1. The summed E-state index contributed by atoms with van der Waals surface area (Å²) in [5.41, 5.74) is 15.7. The third kappa shape index (κ3) is 2.29. The Morgan fingerprint density at radius 1 is 0.826 bits per heavy atom. The Morgan fingerprint density at radius 3 is 2.30 bits per heavy atom.